The summed E-state index contributed by atoms with van der Waals surface area (Å²) in [7, 11) is 1.90. The van der Waals surface area contributed by atoms with Crippen molar-refractivity contribution in [3.8, 4) is 0 Å². The molecule has 0 aliphatic rings. The number of aryl methyl sites for hydroxylation is 2. The predicted octanol–water partition coefficient (Wildman–Crippen LogP) is 2.93. The highest BCUT2D eigenvalue weighted by molar-refractivity contribution is 6.31. The lowest BCUT2D eigenvalue weighted by Crippen LogP contribution is -2.29. The Morgan fingerprint density at radius 2 is 2.24 bits per heavy atom. The van der Waals surface area contributed by atoms with Crippen LogP contribution in [0.15, 0.2) is 34.9 Å². The summed E-state index contributed by atoms with van der Waals surface area (Å²) < 4.78 is 7.69. The van der Waals surface area contributed by atoms with Gasteiger partial charge in [-0.3, -0.25) is 10.5 Å². The molecule has 0 radical (unpaired) electrons. The number of aromatic nitrogens is 2. The van der Waals surface area contributed by atoms with Crippen LogP contribution < -0.4 is 11.3 Å². The Bertz CT molecular complexity index is 777. The number of hydrazine groups is 1. The number of halogens is 1. The number of hydrogen-bond acceptors (Lipinski definition) is 4. The van der Waals surface area contributed by atoms with Gasteiger partial charge < -0.3 is 4.42 Å². The maximum Gasteiger partial charge on any atom is 0.134 e. The Morgan fingerprint density at radius 3 is 2.95 bits per heavy atom. The summed E-state index contributed by atoms with van der Waals surface area (Å²) in [6, 6.07) is 7.27. The Hall–Kier alpha value is -1.82. The summed E-state index contributed by atoms with van der Waals surface area (Å²) >= 11 is 6.01. The van der Waals surface area contributed by atoms with Gasteiger partial charge in [-0.2, -0.15) is 5.10 Å². The van der Waals surface area contributed by atoms with Crippen LogP contribution in [0.4, 0.5) is 0 Å². The van der Waals surface area contributed by atoms with Crippen molar-refractivity contribution < 1.29 is 4.42 Å². The average Bonchev–Trinajstić information content (AvgIpc) is 3.03. The van der Waals surface area contributed by atoms with Gasteiger partial charge in [0.1, 0.15) is 17.4 Å². The number of benzene rings is 1. The van der Waals surface area contributed by atoms with Crippen molar-refractivity contribution in [2.45, 2.75) is 19.4 Å². The van der Waals surface area contributed by atoms with E-state index >= 15 is 0 Å². The van der Waals surface area contributed by atoms with E-state index in [0.717, 1.165) is 34.4 Å². The highest BCUT2D eigenvalue weighted by atomic mass is 35.5. The van der Waals surface area contributed by atoms with Crippen LogP contribution in [0, 0.1) is 0 Å². The third-order valence-corrected chi connectivity index (χ3v) is 3.77. The first-order valence-electron chi connectivity index (χ1n) is 6.80. The lowest BCUT2D eigenvalue weighted by molar-refractivity contribution is 0.475. The van der Waals surface area contributed by atoms with Crippen molar-refractivity contribution in [1.29, 1.82) is 0 Å². The molecule has 1 unspecified atom stereocenters. The van der Waals surface area contributed by atoms with Crippen LogP contribution in [0.25, 0.3) is 11.0 Å². The minimum atomic E-state index is -0.236. The van der Waals surface area contributed by atoms with Gasteiger partial charge in [0.15, 0.2) is 0 Å². The van der Waals surface area contributed by atoms with Crippen molar-refractivity contribution in [1.82, 2.24) is 15.2 Å². The zero-order valence-corrected chi connectivity index (χ0v) is 12.7. The van der Waals surface area contributed by atoms with Gasteiger partial charge in [0, 0.05) is 29.2 Å². The molecular formula is C15H17ClN4O. The van der Waals surface area contributed by atoms with Gasteiger partial charge in [0.05, 0.1) is 5.69 Å². The molecule has 1 aromatic carbocycles. The molecule has 0 saturated heterocycles. The van der Waals surface area contributed by atoms with Crippen molar-refractivity contribution in [3.05, 3.63) is 52.5 Å². The summed E-state index contributed by atoms with van der Waals surface area (Å²) in [5, 5.41) is 6.09. The quantitative estimate of drug-likeness (QED) is 0.574. The van der Waals surface area contributed by atoms with E-state index in [-0.39, 0.29) is 6.04 Å². The van der Waals surface area contributed by atoms with E-state index in [0.29, 0.717) is 5.02 Å². The Balaban J connectivity index is 2.08. The third-order valence-electron chi connectivity index (χ3n) is 3.53. The maximum atomic E-state index is 6.01. The second kappa shape index (κ2) is 5.52. The van der Waals surface area contributed by atoms with E-state index in [9.17, 15) is 0 Å². The van der Waals surface area contributed by atoms with Crippen molar-refractivity contribution in [3.63, 3.8) is 0 Å². The van der Waals surface area contributed by atoms with Gasteiger partial charge in [-0.15, -0.1) is 0 Å². The SMILES string of the molecule is CCc1nn(C)cc1C(NN)c1cc2cc(Cl)ccc2o1. The molecule has 0 aliphatic heterocycles. The van der Waals surface area contributed by atoms with E-state index in [1.54, 1.807) is 4.68 Å². The fourth-order valence-electron chi connectivity index (χ4n) is 2.57. The summed E-state index contributed by atoms with van der Waals surface area (Å²) in [6.07, 6.45) is 2.80. The molecule has 0 spiro atoms. The molecule has 2 heterocycles. The standard InChI is InChI=1S/C15H17ClN4O/c1-3-12-11(8-20(2)19-12)15(18-17)14-7-9-6-10(16)4-5-13(9)21-14/h4-8,15,18H,3,17H2,1-2H3. The van der Waals surface area contributed by atoms with Gasteiger partial charge in [0.2, 0.25) is 0 Å². The molecule has 21 heavy (non-hydrogen) atoms. The second-order valence-corrected chi connectivity index (χ2v) is 5.43. The molecule has 110 valence electrons. The second-order valence-electron chi connectivity index (χ2n) is 4.99. The molecule has 2 aromatic heterocycles. The topological polar surface area (TPSA) is 69.0 Å². The van der Waals surface area contributed by atoms with Crippen LogP contribution in [-0.4, -0.2) is 9.78 Å². The minimum Gasteiger partial charge on any atom is -0.459 e. The number of fused-ring (bicyclic) bond motifs is 1. The number of nitrogens with zero attached hydrogens (tertiary/aromatic N) is 2. The van der Waals surface area contributed by atoms with E-state index in [1.807, 2.05) is 37.5 Å². The molecule has 3 N–H and O–H groups in total. The van der Waals surface area contributed by atoms with Gasteiger partial charge >= 0.3 is 0 Å². The first-order chi connectivity index (χ1) is 10.1. The molecule has 3 aromatic rings. The zero-order chi connectivity index (χ0) is 15.0. The van der Waals surface area contributed by atoms with Crippen LogP contribution in [0.2, 0.25) is 5.02 Å². The molecule has 0 amide bonds. The Morgan fingerprint density at radius 1 is 1.43 bits per heavy atom. The van der Waals surface area contributed by atoms with Crippen LogP contribution in [-0.2, 0) is 13.5 Å². The van der Waals surface area contributed by atoms with Crippen LogP contribution in [0.1, 0.15) is 30.0 Å². The first kappa shape index (κ1) is 14.1. The lowest BCUT2D eigenvalue weighted by atomic mass is 10.0. The maximum absolute atomic E-state index is 6.01. The molecule has 1 atom stereocenters. The minimum absolute atomic E-state index is 0.236. The van der Waals surface area contributed by atoms with Crippen molar-refractivity contribution in [2.75, 3.05) is 0 Å². The fraction of sp³-hybridized carbons (Fsp3) is 0.267. The lowest BCUT2D eigenvalue weighted by Gasteiger charge is -2.12. The predicted molar refractivity (Wildman–Crippen MR) is 83.0 cm³/mol. The number of rotatable bonds is 4. The monoisotopic (exact) mass is 304 g/mol. The van der Waals surface area contributed by atoms with Crippen LogP contribution in [0.3, 0.4) is 0 Å². The zero-order valence-electron chi connectivity index (χ0n) is 11.9. The fourth-order valence-corrected chi connectivity index (χ4v) is 2.75. The van der Waals surface area contributed by atoms with E-state index in [2.05, 4.69) is 17.4 Å². The largest absolute Gasteiger partial charge is 0.459 e. The summed E-state index contributed by atoms with van der Waals surface area (Å²) in [4.78, 5) is 0. The van der Waals surface area contributed by atoms with Gasteiger partial charge in [0.25, 0.3) is 0 Å². The first-order valence-corrected chi connectivity index (χ1v) is 7.17. The van der Waals surface area contributed by atoms with E-state index in [1.165, 1.54) is 0 Å². The average molecular weight is 305 g/mol. The van der Waals surface area contributed by atoms with E-state index < -0.39 is 0 Å². The summed E-state index contributed by atoms with van der Waals surface area (Å²) in [6.45, 7) is 2.07. The van der Waals surface area contributed by atoms with Crippen LogP contribution >= 0.6 is 11.6 Å². The van der Waals surface area contributed by atoms with Gasteiger partial charge in [-0.25, -0.2) is 5.43 Å². The molecule has 3 rings (SSSR count). The summed E-state index contributed by atoms with van der Waals surface area (Å²) in [5.41, 5.74) is 5.63. The highest BCUT2D eigenvalue weighted by Gasteiger charge is 2.22. The highest BCUT2D eigenvalue weighted by Crippen LogP contribution is 2.30. The molecule has 0 saturated carbocycles. The molecular weight excluding hydrogens is 288 g/mol. The summed E-state index contributed by atoms with van der Waals surface area (Å²) in [5.74, 6) is 6.50. The van der Waals surface area contributed by atoms with E-state index in [4.69, 9.17) is 21.9 Å². The Labute approximate surface area is 127 Å². The molecule has 0 aliphatic carbocycles. The number of hydrogen-bond donors (Lipinski definition) is 2. The third kappa shape index (κ3) is 2.55. The number of nitrogens with one attached hydrogen (secondary N) is 1. The van der Waals surface area contributed by atoms with Crippen molar-refractivity contribution in [2.24, 2.45) is 12.9 Å². The smallest absolute Gasteiger partial charge is 0.134 e. The van der Waals surface area contributed by atoms with Gasteiger partial charge in [-0.1, -0.05) is 18.5 Å². The normalized spacial score (nSPS) is 13.0. The molecule has 6 heteroatoms. The molecule has 0 fully saturated rings. The number of furan rings is 1. The van der Waals surface area contributed by atoms with Crippen molar-refractivity contribution >= 4 is 22.6 Å². The van der Waals surface area contributed by atoms with Gasteiger partial charge in [-0.05, 0) is 30.7 Å². The molecule has 0 bridgehead atoms. The number of nitrogens with two attached hydrogens (primary N) is 1. The molecule has 5 nitrogen and oxygen atoms in total. The van der Waals surface area contributed by atoms with Crippen LogP contribution in [0.5, 0.6) is 0 Å². The Kier molecular flexibility index (Phi) is 3.71.